The number of carbonyl (C=O) groups excluding carboxylic acids is 1. The molecule has 2 aromatic heterocycles. The van der Waals surface area contributed by atoms with Crippen LogP contribution in [0.1, 0.15) is 16.4 Å². The van der Waals surface area contributed by atoms with Gasteiger partial charge in [-0.05, 0) is 36.4 Å². The highest BCUT2D eigenvalue weighted by molar-refractivity contribution is 6.30. The van der Waals surface area contributed by atoms with Gasteiger partial charge in [0.2, 0.25) is 11.7 Å². The summed E-state index contributed by atoms with van der Waals surface area (Å²) in [7, 11) is 0. The van der Waals surface area contributed by atoms with Gasteiger partial charge in [0.15, 0.2) is 0 Å². The highest BCUT2D eigenvalue weighted by Crippen LogP contribution is 2.18. The minimum Gasteiger partial charge on any atom is -0.342 e. The van der Waals surface area contributed by atoms with Crippen LogP contribution in [-0.2, 0) is 6.54 Å². The largest absolute Gasteiger partial charge is 0.342 e. The van der Waals surface area contributed by atoms with E-state index in [4.69, 9.17) is 16.1 Å². The highest BCUT2D eigenvalue weighted by Gasteiger charge is 2.11. The molecule has 0 unspecified atom stereocenters. The molecule has 3 rings (SSSR count). The Balaban J connectivity index is 1.65. The van der Waals surface area contributed by atoms with Crippen molar-refractivity contribution in [3.63, 3.8) is 0 Å². The Morgan fingerprint density at radius 3 is 2.73 bits per heavy atom. The number of rotatable bonds is 4. The maximum absolute atomic E-state index is 11.9. The second kappa shape index (κ2) is 6.36. The summed E-state index contributed by atoms with van der Waals surface area (Å²) in [6.07, 6.45) is 1.56. The van der Waals surface area contributed by atoms with Crippen molar-refractivity contribution in [2.24, 2.45) is 0 Å². The quantitative estimate of drug-likeness (QED) is 0.800. The highest BCUT2D eigenvalue weighted by atomic mass is 35.5. The monoisotopic (exact) mass is 314 g/mol. The molecule has 0 saturated heterocycles. The fourth-order valence-corrected chi connectivity index (χ4v) is 1.91. The van der Waals surface area contributed by atoms with Gasteiger partial charge in [-0.2, -0.15) is 4.98 Å². The third-order valence-electron chi connectivity index (χ3n) is 2.87. The Morgan fingerprint density at radius 2 is 2.00 bits per heavy atom. The normalized spacial score (nSPS) is 10.4. The third-order valence-corrected chi connectivity index (χ3v) is 3.12. The van der Waals surface area contributed by atoms with Gasteiger partial charge < -0.3 is 9.84 Å². The molecule has 0 aliphatic rings. The second-order valence-corrected chi connectivity index (χ2v) is 4.85. The van der Waals surface area contributed by atoms with Crippen LogP contribution in [-0.4, -0.2) is 21.0 Å². The smallest absolute Gasteiger partial charge is 0.270 e. The maximum Gasteiger partial charge on any atom is 0.270 e. The number of nitrogens with one attached hydrogen (secondary N) is 1. The number of halogens is 1. The van der Waals surface area contributed by atoms with E-state index in [0.717, 1.165) is 5.56 Å². The fraction of sp³-hybridized carbons (Fsp3) is 0.0667. The summed E-state index contributed by atoms with van der Waals surface area (Å²) in [4.78, 5) is 20.0. The number of aromatic nitrogens is 3. The van der Waals surface area contributed by atoms with Gasteiger partial charge in [-0.1, -0.05) is 22.8 Å². The SMILES string of the molecule is O=C(NCc1nc(-c2ccc(Cl)cc2)no1)c1ccccn1. The molecule has 7 heteroatoms. The van der Waals surface area contributed by atoms with Gasteiger partial charge in [-0.25, -0.2) is 0 Å². The third kappa shape index (κ3) is 3.29. The number of hydrogen-bond acceptors (Lipinski definition) is 5. The lowest BCUT2D eigenvalue weighted by atomic mass is 10.2. The molecule has 0 radical (unpaired) electrons. The van der Waals surface area contributed by atoms with E-state index in [1.807, 2.05) is 0 Å². The molecule has 1 aromatic carbocycles. The predicted molar refractivity (Wildman–Crippen MR) is 80.2 cm³/mol. The van der Waals surface area contributed by atoms with Crippen LogP contribution < -0.4 is 5.32 Å². The summed E-state index contributed by atoms with van der Waals surface area (Å²) in [5.41, 5.74) is 1.12. The molecular weight excluding hydrogens is 304 g/mol. The Kier molecular flexibility index (Phi) is 4.11. The van der Waals surface area contributed by atoms with Crippen LogP contribution in [0.3, 0.4) is 0 Å². The average Bonchev–Trinajstić information content (AvgIpc) is 3.03. The molecule has 110 valence electrons. The molecule has 0 atom stereocenters. The predicted octanol–water partition coefficient (Wildman–Crippen LogP) is 2.72. The van der Waals surface area contributed by atoms with E-state index < -0.39 is 0 Å². The minimum absolute atomic E-state index is 0.135. The first-order valence-electron chi connectivity index (χ1n) is 6.50. The van der Waals surface area contributed by atoms with Crippen molar-refractivity contribution in [3.05, 3.63) is 65.3 Å². The average molecular weight is 315 g/mol. The van der Waals surface area contributed by atoms with Gasteiger partial charge in [0.05, 0.1) is 6.54 Å². The van der Waals surface area contributed by atoms with Gasteiger partial charge in [0, 0.05) is 16.8 Å². The molecule has 6 nitrogen and oxygen atoms in total. The van der Waals surface area contributed by atoms with Crippen molar-refractivity contribution < 1.29 is 9.32 Å². The molecule has 0 spiro atoms. The first-order valence-corrected chi connectivity index (χ1v) is 6.88. The van der Waals surface area contributed by atoms with Gasteiger partial charge in [-0.15, -0.1) is 0 Å². The fourth-order valence-electron chi connectivity index (χ4n) is 1.79. The Labute approximate surface area is 131 Å². The van der Waals surface area contributed by atoms with Crippen molar-refractivity contribution in [1.82, 2.24) is 20.4 Å². The van der Waals surface area contributed by atoms with Crippen LogP contribution in [0.15, 0.2) is 53.2 Å². The summed E-state index contributed by atoms with van der Waals surface area (Å²) < 4.78 is 5.11. The van der Waals surface area contributed by atoms with E-state index in [2.05, 4.69) is 20.4 Å². The van der Waals surface area contributed by atoms with Crippen molar-refractivity contribution in [2.45, 2.75) is 6.54 Å². The summed E-state index contributed by atoms with van der Waals surface area (Å²) in [6.45, 7) is 0.135. The zero-order chi connectivity index (χ0) is 15.4. The lowest BCUT2D eigenvalue weighted by Crippen LogP contribution is -2.23. The molecule has 0 saturated carbocycles. The van der Waals surface area contributed by atoms with Crippen molar-refractivity contribution in [1.29, 1.82) is 0 Å². The Bertz CT molecular complexity index is 772. The molecule has 0 aliphatic heterocycles. The second-order valence-electron chi connectivity index (χ2n) is 4.42. The molecule has 2 heterocycles. The van der Waals surface area contributed by atoms with E-state index in [1.54, 1.807) is 48.7 Å². The van der Waals surface area contributed by atoms with Crippen LogP contribution in [0.4, 0.5) is 0 Å². The van der Waals surface area contributed by atoms with Crippen LogP contribution in [0, 0.1) is 0 Å². The molecule has 22 heavy (non-hydrogen) atoms. The summed E-state index contributed by atoms with van der Waals surface area (Å²) in [5.74, 6) is 0.458. The van der Waals surface area contributed by atoms with E-state index >= 15 is 0 Å². The zero-order valence-electron chi connectivity index (χ0n) is 11.4. The van der Waals surface area contributed by atoms with E-state index in [0.29, 0.717) is 22.4 Å². The van der Waals surface area contributed by atoms with Crippen LogP contribution in [0.2, 0.25) is 5.02 Å². The summed E-state index contributed by atoms with van der Waals surface area (Å²) >= 11 is 5.83. The molecule has 1 amide bonds. The van der Waals surface area contributed by atoms with Crippen LogP contribution >= 0.6 is 11.6 Å². The van der Waals surface area contributed by atoms with Gasteiger partial charge >= 0.3 is 0 Å². The Hall–Kier alpha value is -2.73. The topological polar surface area (TPSA) is 80.9 Å². The lowest BCUT2D eigenvalue weighted by Gasteiger charge is -2.00. The van der Waals surface area contributed by atoms with Gasteiger partial charge in [0.1, 0.15) is 5.69 Å². The first kappa shape index (κ1) is 14.2. The number of benzene rings is 1. The minimum atomic E-state index is -0.299. The summed E-state index contributed by atoms with van der Waals surface area (Å²) in [5, 5.41) is 7.18. The van der Waals surface area contributed by atoms with Gasteiger partial charge in [-0.3, -0.25) is 9.78 Å². The molecule has 1 N–H and O–H groups in total. The van der Waals surface area contributed by atoms with E-state index in [9.17, 15) is 4.79 Å². The van der Waals surface area contributed by atoms with Crippen molar-refractivity contribution >= 4 is 17.5 Å². The maximum atomic E-state index is 11.9. The molecule has 0 aliphatic carbocycles. The van der Waals surface area contributed by atoms with Gasteiger partial charge in [0.25, 0.3) is 5.91 Å². The standard InChI is InChI=1S/C15H11ClN4O2/c16-11-6-4-10(5-7-11)14-19-13(22-20-14)9-18-15(21)12-3-1-2-8-17-12/h1-8H,9H2,(H,18,21). The number of carbonyl (C=O) groups is 1. The summed E-state index contributed by atoms with van der Waals surface area (Å²) in [6, 6.07) is 12.2. The number of pyridine rings is 1. The first-order chi connectivity index (χ1) is 10.7. The van der Waals surface area contributed by atoms with Crippen LogP contribution in [0.5, 0.6) is 0 Å². The molecule has 0 bridgehead atoms. The number of nitrogens with zero attached hydrogens (tertiary/aromatic N) is 3. The molecular formula is C15H11ClN4O2. The van der Waals surface area contributed by atoms with Crippen molar-refractivity contribution in [3.8, 4) is 11.4 Å². The van der Waals surface area contributed by atoms with Crippen LogP contribution in [0.25, 0.3) is 11.4 Å². The number of amides is 1. The zero-order valence-corrected chi connectivity index (χ0v) is 12.1. The molecule has 0 fully saturated rings. The number of hydrogen-bond donors (Lipinski definition) is 1. The van der Waals surface area contributed by atoms with E-state index in [-0.39, 0.29) is 12.5 Å². The Morgan fingerprint density at radius 1 is 1.18 bits per heavy atom. The van der Waals surface area contributed by atoms with Crippen molar-refractivity contribution in [2.75, 3.05) is 0 Å². The van der Waals surface area contributed by atoms with E-state index in [1.165, 1.54) is 0 Å². The molecule has 3 aromatic rings. The lowest BCUT2D eigenvalue weighted by molar-refractivity contribution is 0.0941.